The molecule has 0 bridgehead atoms. The maximum absolute atomic E-state index is 13.9. The second kappa shape index (κ2) is 6.83. The molecule has 4 nitrogen and oxygen atoms in total. The Kier molecular flexibility index (Phi) is 4.85. The summed E-state index contributed by atoms with van der Waals surface area (Å²) >= 11 is 0. The van der Waals surface area contributed by atoms with E-state index in [1.807, 2.05) is 6.07 Å². The molecule has 1 aromatic rings. The van der Waals surface area contributed by atoms with Crippen molar-refractivity contribution in [1.82, 2.24) is 9.80 Å². The first kappa shape index (κ1) is 14.9. The van der Waals surface area contributed by atoms with Crippen LogP contribution < -0.4 is 5.73 Å². The average molecular weight is 293 g/mol. The summed E-state index contributed by atoms with van der Waals surface area (Å²) in [5.74, 6) is -0.0957. The van der Waals surface area contributed by atoms with Gasteiger partial charge >= 0.3 is 0 Å². The third-order valence-corrected chi connectivity index (χ3v) is 4.56. The molecule has 2 N–H and O–H groups in total. The van der Waals surface area contributed by atoms with Crippen molar-refractivity contribution in [3.63, 3.8) is 0 Å². The minimum absolute atomic E-state index is 0.0957. The molecule has 1 atom stereocenters. The number of ether oxygens (including phenoxy) is 1. The van der Waals surface area contributed by atoms with Crippen LogP contribution in [0.15, 0.2) is 18.2 Å². The van der Waals surface area contributed by atoms with Crippen LogP contribution in [-0.4, -0.2) is 55.7 Å². The summed E-state index contributed by atoms with van der Waals surface area (Å²) in [5.41, 5.74) is 7.82. The largest absolute Gasteiger partial charge is 0.379 e. The second-order valence-corrected chi connectivity index (χ2v) is 5.84. The molecule has 0 aliphatic carbocycles. The van der Waals surface area contributed by atoms with E-state index < -0.39 is 0 Å². The van der Waals surface area contributed by atoms with E-state index in [1.54, 1.807) is 12.1 Å². The van der Waals surface area contributed by atoms with Gasteiger partial charge in [0.15, 0.2) is 0 Å². The molecular formula is C16H24FN3O. The van der Waals surface area contributed by atoms with E-state index in [0.717, 1.165) is 56.9 Å². The van der Waals surface area contributed by atoms with Crippen molar-refractivity contribution in [2.24, 2.45) is 5.73 Å². The Hall–Kier alpha value is -1.01. The summed E-state index contributed by atoms with van der Waals surface area (Å²) in [7, 11) is 0. The van der Waals surface area contributed by atoms with Gasteiger partial charge in [-0.2, -0.15) is 0 Å². The van der Waals surface area contributed by atoms with Crippen molar-refractivity contribution < 1.29 is 9.13 Å². The summed E-state index contributed by atoms with van der Waals surface area (Å²) in [6.07, 6.45) is 1.09. The van der Waals surface area contributed by atoms with E-state index in [2.05, 4.69) is 9.80 Å². The van der Waals surface area contributed by atoms with Gasteiger partial charge in [-0.3, -0.25) is 9.80 Å². The molecule has 0 amide bonds. The fourth-order valence-corrected chi connectivity index (χ4v) is 3.40. The molecule has 0 radical (unpaired) electrons. The van der Waals surface area contributed by atoms with E-state index in [1.165, 1.54) is 0 Å². The van der Waals surface area contributed by atoms with Crippen LogP contribution in [0.25, 0.3) is 0 Å². The highest BCUT2D eigenvalue weighted by Gasteiger charge is 2.30. The lowest BCUT2D eigenvalue weighted by Crippen LogP contribution is -2.38. The average Bonchev–Trinajstić information content (AvgIpc) is 2.87. The lowest BCUT2D eigenvalue weighted by Gasteiger charge is -2.28. The van der Waals surface area contributed by atoms with Gasteiger partial charge in [0, 0.05) is 44.3 Å². The highest BCUT2D eigenvalue weighted by Crippen LogP contribution is 2.34. The zero-order chi connectivity index (χ0) is 14.7. The Balaban J connectivity index is 1.55. The van der Waals surface area contributed by atoms with E-state index >= 15 is 0 Å². The molecule has 5 heteroatoms. The molecule has 1 fully saturated rings. The van der Waals surface area contributed by atoms with Crippen LogP contribution in [-0.2, 0) is 11.3 Å². The molecule has 2 heterocycles. The highest BCUT2D eigenvalue weighted by atomic mass is 19.1. The molecular weight excluding hydrogens is 269 g/mol. The third kappa shape index (κ3) is 3.26. The van der Waals surface area contributed by atoms with Crippen molar-refractivity contribution in [2.75, 3.05) is 45.9 Å². The van der Waals surface area contributed by atoms with E-state index in [4.69, 9.17) is 10.5 Å². The molecule has 116 valence electrons. The topological polar surface area (TPSA) is 41.7 Å². The summed E-state index contributed by atoms with van der Waals surface area (Å²) < 4.78 is 19.3. The molecule has 3 rings (SSSR count). The maximum Gasteiger partial charge on any atom is 0.128 e. The first-order chi connectivity index (χ1) is 10.3. The number of morpholine rings is 1. The van der Waals surface area contributed by atoms with Crippen LogP contribution in [0.1, 0.15) is 23.6 Å². The molecule has 21 heavy (non-hydrogen) atoms. The molecule has 2 aliphatic heterocycles. The number of hydrogen-bond donors (Lipinski definition) is 1. The Morgan fingerprint density at radius 1 is 1.24 bits per heavy atom. The quantitative estimate of drug-likeness (QED) is 0.890. The molecule has 0 saturated carbocycles. The standard InChI is InChI=1S/C16H24FN3O/c17-15-4-1-3-13-14(15)12-20(16(13)11-18)6-2-5-19-7-9-21-10-8-19/h1,3-4,16H,2,5-12,18H2. The molecule has 1 unspecified atom stereocenters. The number of rotatable bonds is 5. The maximum atomic E-state index is 13.9. The van der Waals surface area contributed by atoms with Crippen LogP contribution in [0.2, 0.25) is 0 Å². The smallest absolute Gasteiger partial charge is 0.128 e. The predicted octanol–water partition coefficient (Wildman–Crippen LogP) is 1.36. The number of nitrogens with two attached hydrogens (primary N) is 1. The number of nitrogens with zero attached hydrogens (tertiary/aromatic N) is 2. The molecule has 1 aromatic carbocycles. The van der Waals surface area contributed by atoms with E-state index in [-0.39, 0.29) is 11.9 Å². The zero-order valence-corrected chi connectivity index (χ0v) is 12.4. The monoisotopic (exact) mass is 293 g/mol. The van der Waals surface area contributed by atoms with Gasteiger partial charge in [0.1, 0.15) is 5.82 Å². The number of fused-ring (bicyclic) bond motifs is 1. The van der Waals surface area contributed by atoms with Gasteiger partial charge in [0.25, 0.3) is 0 Å². The van der Waals surface area contributed by atoms with Crippen molar-refractivity contribution >= 4 is 0 Å². The summed E-state index contributed by atoms with van der Waals surface area (Å²) in [5, 5.41) is 0. The van der Waals surface area contributed by atoms with Gasteiger partial charge in [-0.05, 0) is 24.6 Å². The summed E-state index contributed by atoms with van der Waals surface area (Å²) in [4.78, 5) is 4.75. The van der Waals surface area contributed by atoms with Crippen molar-refractivity contribution in [2.45, 2.75) is 19.0 Å². The Labute approximate surface area is 125 Å². The molecule has 0 aromatic heterocycles. The molecule has 0 spiro atoms. The van der Waals surface area contributed by atoms with Gasteiger partial charge < -0.3 is 10.5 Å². The number of hydrogen-bond acceptors (Lipinski definition) is 4. The van der Waals surface area contributed by atoms with Crippen LogP contribution in [0, 0.1) is 5.82 Å². The van der Waals surface area contributed by atoms with Crippen LogP contribution >= 0.6 is 0 Å². The van der Waals surface area contributed by atoms with Gasteiger partial charge in [-0.15, -0.1) is 0 Å². The summed E-state index contributed by atoms with van der Waals surface area (Å²) in [6.45, 7) is 7.01. The van der Waals surface area contributed by atoms with Gasteiger partial charge in [0.2, 0.25) is 0 Å². The SMILES string of the molecule is NCC1c2cccc(F)c2CN1CCCN1CCOCC1. The molecule has 2 aliphatic rings. The lowest BCUT2D eigenvalue weighted by molar-refractivity contribution is 0.0355. The lowest BCUT2D eigenvalue weighted by atomic mass is 10.0. The Morgan fingerprint density at radius 2 is 2.05 bits per heavy atom. The normalized spacial score (nSPS) is 23.4. The van der Waals surface area contributed by atoms with Gasteiger partial charge in [0.05, 0.1) is 13.2 Å². The fourth-order valence-electron chi connectivity index (χ4n) is 3.40. The second-order valence-electron chi connectivity index (χ2n) is 5.84. The number of benzene rings is 1. The van der Waals surface area contributed by atoms with Crippen molar-refractivity contribution in [1.29, 1.82) is 0 Å². The summed E-state index contributed by atoms with van der Waals surface area (Å²) in [6, 6.07) is 5.51. The van der Waals surface area contributed by atoms with Crippen molar-refractivity contribution in [3.05, 3.63) is 35.1 Å². The van der Waals surface area contributed by atoms with Crippen LogP contribution in [0.3, 0.4) is 0 Å². The van der Waals surface area contributed by atoms with E-state index in [0.29, 0.717) is 13.1 Å². The first-order valence-electron chi connectivity index (χ1n) is 7.81. The third-order valence-electron chi connectivity index (χ3n) is 4.56. The highest BCUT2D eigenvalue weighted by molar-refractivity contribution is 5.35. The van der Waals surface area contributed by atoms with Crippen LogP contribution in [0.5, 0.6) is 0 Å². The molecule has 1 saturated heterocycles. The van der Waals surface area contributed by atoms with E-state index in [9.17, 15) is 4.39 Å². The first-order valence-corrected chi connectivity index (χ1v) is 7.81. The Bertz CT molecular complexity index is 477. The van der Waals surface area contributed by atoms with Crippen LogP contribution in [0.4, 0.5) is 4.39 Å². The minimum atomic E-state index is -0.0957. The fraction of sp³-hybridized carbons (Fsp3) is 0.625. The zero-order valence-electron chi connectivity index (χ0n) is 12.4. The number of halogens is 1. The minimum Gasteiger partial charge on any atom is -0.379 e. The predicted molar refractivity (Wildman–Crippen MR) is 80.5 cm³/mol. The van der Waals surface area contributed by atoms with Gasteiger partial charge in [-0.25, -0.2) is 4.39 Å². The van der Waals surface area contributed by atoms with Crippen molar-refractivity contribution in [3.8, 4) is 0 Å². The van der Waals surface area contributed by atoms with Gasteiger partial charge in [-0.1, -0.05) is 12.1 Å². The Morgan fingerprint density at radius 3 is 2.81 bits per heavy atom.